The van der Waals surface area contributed by atoms with E-state index in [0.29, 0.717) is 17.2 Å². The zero-order valence-electron chi connectivity index (χ0n) is 13.4. The Bertz CT molecular complexity index is 868. The van der Waals surface area contributed by atoms with E-state index in [2.05, 4.69) is 5.32 Å². The van der Waals surface area contributed by atoms with Crippen LogP contribution in [-0.2, 0) is 14.6 Å². The highest BCUT2D eigenvalue weighted by Gasteiger charge is 2.28. The van der Waals surface area contributed by atoms with Crippen molar-refractivity contribution >= 4 is 27.3 Å². The third kappa shape index (κ3) is 4.74. The van der Waals surface area contributed by atoms with E-state index in [4.69, 9.17) is 16.3 Å². The Morgan fingerprint density at radius 2 is 1.92 bits per heavy atom. The summed E-state index contributed by atoms with van der Waals surface area (Å²) in [5.41, 5.74) is 2.00. The van der Waals surface area contributed by atoms with Crippen molar-refractivity contribution in [1.29, 1.82) is 0 Å². The molecule has 2 aromatic carbocycles. The molecule has 1 heterocycles. The Kier molecular flexibility index (Phi) is 5.30. The molecular formula is C18H18ClNO4S. The Morgan fingerprint density at radius 3 is 2.56 bits per heavy atom. The number of benzene rings is 2. The number of rotatable bonds is 5. The van der Waals surface area contributed by atoms with Crippen molar-refractivity contribution in [1.82, 2.24) is 5.32 Å². The van der Waals surface area contributed by atoms with Crippen LogP contribution < -0.4 is 10.1 Å². The van der Waals surface area contributed by atoms with Crippen LogP contribution in [0.15, 0.2) is 48.5 Å². The Balaban J connectivity index is 1.57. The van der Waals surface area contributed by atoms with Crippen LogP contribution in [0.3, 0.4) is 0 Å². The molecule has 1 fully saturated rings. The second-order valence-corrected chi connectivity index (χ2v) is 8.60. The minimum atomic E-state index is -3.02. The Morgan fingerprint density at radius 1 is 1.16 bits per heavy atom. The first-order chi connectivity index (χ1) is 11.9. The molecular weight excluding hydrogens is 362 g/mol. The lowest BCUT2D eigenvalue weighted by Gasteiger charge is -2.13. The molecule has 3 rings (SSSR count). The van der Waals surface area contributed by atoms with Gasteiger partial charge in [-0.1, -0.05) is 48.0 Å². The van der Waals surface area contributed by atoms with Crippen LogP contribution in [-0.4, -0.2) is 38.5 Å². The van der Waals surface area contributed by atoms with E-state index < -0.39 is 9.84 Å². The smallest absolute Gasteiger partial charge is 0.258 e. The summed E-state index contributed by atoms with van der Waals surface area (Å²) in [4.78, 5) is 11.9. The van der Waals surface area contributed by atoms with Crippen LogP contribution in [0, 0.1) is 0 Å². The lowest BCUT2D eigenvalue weighted by molar-refractivity contribution is -0.123. The van der Waals surface area contributed by atoms with Crippen molar-refractivity contribution in [3.63, 3.8) is 0 Å². The fraction of sp³-hybridized carbons (Fsp3) is 0.278. The fourth-order valence-electron chi connectivity index (χ4n) is 2.75. The van der Waals surface area contributed by atoms with E-state index in [-0.39, 0.29) is 30.1 Å². The highest BCUT2D eigenvalue weighted by Crippen LogP contribution is 2.30. The van der Waals surface area contributed by atoms with Gasteiger partial charge in [-0.15, -0.1) is 0 Å². The van der Waals surface area contributed by atoms with Crippen LogP contribution >= 0.6 is 11.6 Å². The van der Waals surface area contributed by atoms with E-state index in [0.717, 1.165) is 11.1 Å². The van der Waals surface area contributed by atoms with Crippen molar-refractivity contribution < 1.29 is 17.9 Å². The van der Waals surface area contributed by atoms with Gasteiger partial charge in [0.15, 0.2) is 16.4 Å². The summed E-state index contributed by atoms with van der Waals surface area (Å²) in [6.45, 7) is -0.207. The molecule has 1 amide bonds. The van der Waals surface area contributed by atoms with Crippen LogP contribution in [0.1, 0.15) is 6.42 Å². The van der Waals surface area contributed by atoms with Crippen molar-refractivity contribution in [2.24, 2.45) is 0 Å². The predicted octanol–water partition coefficient (Wildman–Crippen LogP) is 2.69. The standard InChI is InChI=1S/C18H18ClNO4S/c19-16-10-14(13-4-2-1-3-5-13)6-7-17(16)24-11-18(21)20-15-8-9-25(22,23)12-15/h1-7,10,15H,8-9,11-12H2,(H,20,21)/t15-/m0/s1. The zero-order chi connectivity index (χ0) is 17.9. The second-order valence-electron chi connectivity index (χ2n) is 5.97. The van der Waals surface area contributed by atoms with E-state index >= 15 is 0 Å². The average molecular weight is 380 g/mol. The molecule has 2 aromatic rings. The first-order valence-corrected chi connectivity index (χ1v) is 10.1. The minimum Gasteiger partial charge on any atom is -0.482 e. The number of hydrogen-bond acceptors (Lipinski definition) is 4. The SMILES string of the molecule is O=C(COc1ccc(-c2ccccc2)cc1Cl)N[C@H]1CCS(=O)(=O)C1. The molecule has 1 saturated heterocycles. The quantitative estimate of drug-likeness (QED) is 0.866. The fourth-order valence-corrected chi connectivity index (χ4v) is 4.66. The van der Waals surface area contributed by atoms with Gasteiger partial charge >= 0.3 is 0 Å². The predicted molar refractivity (Wildman–Crippen MR) is 97.6 cm³/mol. The van der Waals surface area contributed by atoms with Crippen LogP contribution in [0.5, 0.6) is 5.75 Å². The van der Waals surface area contributed by atoms with Crippen molar-refractivity contribution in [3.05, 3.63) is 53.6 Å². The molecule has 1 aliphatic rings. The van der Waals surface area contributed by atoms with Gasteiger partial charge in [0, 0.05) is 6.04 Å². The summed E-state index contributed by atoms with van der Waals surface area (Å²) in [7, 11) is -3.02. The summed E-state index contributed by atoms with van der Waals surface area (Å²) < 4.78 is 28.2. The number of ether oxygens (including phenoxy) is 1. The molecule has 1 atom stereocenters. The molecule has 0 unspecified atom stereocenters. The lowest BCUT2D eigenvalue weighted by atomic mass is 10.1. The maximum Gasteiger partial charge on any atom is 0.258 e. The maximum absolute atomic E-state index is 11.9. The third-order valence-corrected chi connectivity index (χ3v) is 6.06. The molecule has 0 radical (unpaired) electrons. The number of sulfone groups is 1. The first-order valence-electron chi connectivity index (χ1n) is 7.90. The summed E-state index contributed by atoms with van der Waals surface area (Å²) in [6.07, 6.45) is 0.445. The maximum atomic E-state index is 11.9. The Hall–Kier alpha value is -2.05. The largest absolute Gasteiger partial charge is 0.482 e. The molecule has 0 spiro atoms. The van der Waals surface area contributed by atoms with Crippen LogP contribution in [0.25, 0.3) is 11.1 Å². The van der Waals surface area contributed by atoms with Gasteiger partial charge < -0.3 is 10.1 Å². The van der Waals surface area contributed by atoms with Crippen LogP contribution in [0.2, 0.25) is 5.02 Å². The number of carbonyl (C=O) groups is 1. The molecule has 132 valence electrons. The summed E-state index contributed by atoms with van der Waals surface area (Å²) in [6, 6.07) is 14.8. The zero-order valence-corrected chi connectivity index (χ0v) is 15.0. The molecule has 25 heavy (non-hydrogen) atoms. The average Bonchev–Trinajstić information content (AvgIpc) is 2.93. The lowest BCUT2D eigenvalue weighted by Crippen LogP contribution is -2.38. The molecule has 0 saturated carbocycles. The number of hydrogen-bond donors (Lipinski definition) is 1. The molecule has 0 aliphatic carbocycles. The minimum absolute atomic E-state index is 0.00866. The van der Waals surface area contributed by atoms with Crippen molar-refractivity contribution in [2.75, 3.05) is 18.1 Å². The van der Waals surface area contributed by atoms with Crippen molar-refractivity contribution in [2.45, 2.75) is 12.5 Å². The molecule has 1 aliphatic heterocycles. The summed E-state index contributed by atoms with van der Waals surface area (Å²) in [5, 5.41) is 3.09. The topological polar surface area (TPSA) is 72.5 Å². The molecule has 7 heteroatoms. The van der Waals surface area contributed by atoms with Gasteiger partial charge in [0.2, 0.25) is 0 Å². The van der Waals surface area contributed by atoms with Gasteiger partial charge in [0.1, 0.15) is 5.75 Å². The van der Waals surface area contributed by atoms with Crippen LogP contribution in [0.4, 0.5) is 0 Å². The molecule has 1 N–H and O–H groups in total. The van der Waals surface area contributed by atoms with E-state index in [9.17, 15) is 13.2 Å². The van der Waals surface area contributed by atoms with Crippen molar-refractivity contribution in [3.8, 4) is 16.9 Å². The monoisotopic (exact) mass is 379 g/mol. The normalized spacial score (nSPS) is 18.7. The van der Waals surface area contributed by atoms with Gasteiger partial charge in [0.25, 0.3) is 5.91 Å². The number of nitrogens with one attached hydrogen (secondary N) is 1. The van der Waals surface area contributed by atoms with Gasteiger partial charge in [-0.05, 0) is 29.7 Å². The van der Waals surface area contributed by atoms with E-state index in [1.807, 2.05) is 36.4 Å². The summed E-state index contributed by atoms with van der Waals surface area (Å²) in [5.74, 6) is 0.164. The summed E-state index contributed by atoms with van der Waals surface area (Å²) >= 11 is 6.23. The van der Waals surface area contributed by atoms with Gasteiger partial charge in [-0.2, -0.15) is 0 Å². The third-order valence-electron chi connectivity index (χ3n) is 4.00. The van der Waals surface area contributed by atoms with E-state index in [1.54, 1.807) is 12.1 Å². The number of carbonyl (C=O) groups excluding carboxylic acids is 1. The number of halogens is 1. The van der Waals surface area contributed by atoms with Gasteiger partial charge in [-0.3, -0.25) is 4.79 Å². The highest BCUT2D eigenvalue weighted by atomic mass is 35.5. The molecule has 0 bridgehead atoms. The van der Waals surface area contributed by atoms with Gasteiger partial charge in [-0.25, -0.2) is 8.42 Å². The molecule has 5 nitrogen and oxygen atoms in total. The highest BCUT2D eigenvalue weighted by molar-refractivity contribution is 7.91. The number of amides is 1. The van der Waals surface area contributed by atoms with Gasteiger partial charge in [0.05, 0.1) is 16.5 Å². The molecule has 0 aromatic heterocycles. The first kappa shape index (κ1) is 17.8. The van der Waals surface area contributed by atoms with E-state index in [1.165, 1.54) is 0 Å². The second kappa shape index (κ2) is 7.45. The Labute approximate surface area is 151 Å².